The van der Waals surface area contributed by atoms with E-state index in [0.717, 1.165) is 21.5 Å². The van der Waals surface area contributed by atoms with Crippen molar-refractivity contribution in [1.82, 2.24) is 4.57 Å². The van der Waals surface area contributed by atoms with Gasteiger partial charge in [-0.15, -0.1) is 11.8 Å². The van der Waals surface area contributed by atoms with Crippen molar-refractivity contribution in [2.75, 3.05) is 6.61 Å². The van der Waals surface area contributed by atoms with Crippen LogP contribution in [0, 0.1) is 0 Å². The Bertz CT molecular complexity index is 1130. The van der Waals surface area contributed by atoms with Gasteiger partial charge in [0.25, 0.3) is 5.91 Å². The number of fused-ring (bicyclic) bond motifs is 1. The van der Waals surface area contributed by atoms with Crippen molar-refractivity contribution in [1.29, 1.82) is 0 Å². The van der Waals surface area contributed by atoms with E-state index in [1.807, 2.05) is 30.3 Å². The normalized spacial score (nSPS) is 12.0. The van der Waals surface area contributed by atoms with Gasteiger partial charge in [-0.2, -0.15) is 4.99 Å². The highest BCUT2D eigenvalue weighted by atomic mass is 32.2. The molecule has 30 heavy (non-hydrogen) atoms. The Morgan fingerprint density at radius 3 is 2.67 bits per heavy atom. The Balaban J connectivity index is 2.05. The van der Waals surface area contributed by atoms with Crippen LogP contribution in [-0.2, 0) is 22.5 Å². The monoisotopic (exact) mass is 442 g/mol. The fourth-order valence-electron chi connectivity index (χ4n) is 3.04. The van der Waals surface area contributed by atoms with Crippen LogP contribution in [0.5, 0.6) is 0 Å². The van der Waals surface area contributed by atoms with Gasteiger partial charge < -0.3 is 9.30 Å². The zero-order chi connectivity index (χ0) is 21.7. The third-order valence-electron chi connectivity index (χ3n) is 4.40. The molecule has 0 bridgehead atoms. The van der Waals surface area contributed by atoms with Crippen molar-refractivity contribution < 1.29 is 14.3 Å². The van der Waals surface area contributed by atoms with Crippen LogP contribution in [0.1, 0.15) is 43.6 Å². The van der Waals surface area contributed by atoms with Crippen LogP contribution in [0.4, 0.5) is 0 Å². The lowest BCUT2D eigenvalue weighted by atomic mass is 10.2. The Morgan fingerprint density at radius 1 is 1.17 bits per heavy atom. The van der Waals surface area contributed by atoms with E-state index in [-0.39, 0.29) is 18.4 Å². The first-order valence-electron chi connectivity index (χ1n) is 10.0. The summed E-state index contributed by atoms with van der Waals surface area (Å²) in [5, 5.41) is 0.425. The maximum atomic E-state index is 12.9. The minimum atomic E-state index is -0.346. The van der Waals surface area contributed by atoms with Gasteiger partial charge in [0.05, 0.1) is 16.8 Å². The molecule has 0 radical (unpaired) electrons. The number of nitrogens with zero attached hydrogens (tertiary/aromatic N) is 2. The molecule has 0 atom stereocenters. The van der Waals surface area contributed by atoms with Crippen LogP contribution in [-0.4, -0.2) is 28.3 Å². The third-order valence-corrected chi connectivity index (χ3v) is 6.44. The second-order valence-corrected chi connectivity index (χ2v) is 9.70. The van der Waals surface area contributed by atoms with Gasteiger partial charge >= 0.3 is 5.97 Å². The number of hydrogen-bond donors (Lipinski definition) is 0. The fraction of sp³-hybridized carbons (Fsp3) is 0.348. The molecule has 0 saturated carbocycles. The molecule has 0 aliphatic heterocycles. The number of rotatable bonds is 7. The molecule has 3 aromatic rings. The average Bonchev–Trinajstić information content (AvgIpc) is 3.03. The number of benzene rings is 2. The van der Waals surface area contributed by atoms with Crippen LogP contribution in [0.3, 0.4) is 0 Å². The van der Waals surface area contributed by atoms with Crippen LogP contribution < -0.4 is 4.80 Å². The molecule has 3 rings (SSSR count). The first-order chi connectivity index (χ1) is 14.4. The highest BCUT2D eigenvalue weighted by Gasteiger charge is 2.14. The van der Waals surface area contributed by atoms with Crippen LogP contribution in [0.15, 0.2) is 52.4 Å². The molecular formula is C23H26N2O3S2. The summed E-state index contributed by atoms with van der Waals surface area (Å²) in [7, 11) is 0. The first kappa shape index (κ1) is 22.3. The number of esters is 1. The molecule has 1 aromatic heterocycles. The summed E-state index contributed by atoms with van der Waals surface area (Å²) in [6.45, 7) is 8.44. The Morgan fingerprint density at radius 2 is 1.97 bits per heavy atom. The fourth-order valence-corrected chi connectivity index (χ4v) is 5.03. The van der Waals surface area contributed by atoms with Gasteiger partial charge in [0.2, 0.25) is 0 Å². The number of aryl methyl sites for hydroxylation is 1. The first-order valence-corrected chi connectivity index (χ1v) is 11.7. The number of aromatic nitrogens is 1. The number of thioether (sulfide) groups is 1. The maximum Gasteiger partial charge on any atom is 0.326 e. The van der Waals surface area contributed by atoms with Crippen molar-refractivity contribution in [3.63, 3.8) is 0 Å². The molecule has 7 heteroatoms. The van der Waals surface area contributed by atoms with Crippen LogP contribution in [0.2, 0.25) is 0 Å². The summed E-state index contributed by atoms with van der Waals surface area (Å²) in [4.78, 5) is 31.0. The highest BCUT2D eigenvalue weighted by molar-refractivity contribution is 7.99. The van der Waals surface area contributed by atoms with Crippen LogP contribution >= 0.6 is 23.1 Å². The smallest absolute Gasteiger partial charge is 0.326 e. The van der Waals surface area contributed by atoms with Gasteiger partial charge in [-0.3, -0.25) is 9.59 Å². The minimum Gasteiger partial charge on any atom is -0.465 e. The molecule has 2 aromatic carbocycles. The molecule has 0 N–H and O–H groups in total. The van der Waals surface area contributed by atoms with Crippen molar-refractivity contribution in [2.24, 2.45) is 4.99 Å². The topological polar surface area (TPSA) is 60.7 Å². The number of carbonyl (C=O) groups is 2. The Kier molecular flexibility index (Phi) is 7.50. The summed E-state index contributed by atoms with van der Waals surface area (Å²) in [5.74, 6) is -0.665. The van der Waals surface area contributed by atoms with E-state index in [1.165, 1.54) is 16.9 Å². The van der Waals surface area contributed by atoms with Crippen molar-refractivity contribution in [2.45, 2.75) is 50.8 Å². The second kappa shape index (κ2) is 10.1. The van der Waals surface area contributed by atoms with Gasteiger partial charge in [-0.25, -0.2) is 0 Å². The van der Waals surface area contributed by atoms with E-state index in [9.17, 15) is 9.59 Å². The number of hydrogen-bond acceptors (Lipinski definition) is 5. The van der Waals surface area contributed by atoms with Gasteiger partial charge in [0.15, 0.2) is 4.80 Å². The predicted molar refractivity (Wildman–Crippen MR) is 123 cm³/mol. The van der Waals surface area contributed by atoms with Crippen LogP contribution in [0.25, 0.3) is 10.2 Å². The molecule has 0 saturated heterocycles. The lowest BCUT2D eigenvalue weighted by Crippen LogP contribution is -2.23. The number of thiazole rings is 1. The molecule has 158 valence electrons. The van der Waals surface area contributed by atoms with Crippen molar-refractivity contribution >= 4 is 45.2 Å². The van der Waals surface area contributed by atoms with E-state index in [4.69, 9.17) is 4.74 Å². The number of amides is 1. The van der Waals surface area contributed by atoms with E-state index in [1.54, 1.807) is 29.3 Å². The van der Waals surface area contributed by atoms with E-state index >= 15 is 0 Å². The summed E-state index contributed by atoms with van der Waals surface area (Å²) in [6, 6.07) is 13.6. The highest BCUT2D eigenvalue weighted by Crippen LogP contribution is 2.24. The molecule has 1 amide bonds. The molecule has 0 aliphatic carbocycles. The molecule has 5 nitrogen and oxygen atoms in total. The second-order valence-electron chi connectivity index (χ2n) is 7.04. The largest absolute Gasteiger partial charge is 0.465 e. The lowest BCUT2D eigenvalue weighted by molar-refractivity contribution is -0.143. The van der Waals surface area contributed by atoms with Crippen molar-refractivity contribution in [3.05, 3.63) is 58.4 Å². The van der Waals surface area contributed by atoms with Gasteiger partial charge in [0.1, 0.15) is 6.54 Å². The van der Waals surface area contributed by atoms with Gasteiger partial charge in [-0.05, 0) is 49.2 Å². The zero-order valence-electron chi connectivity index (χ0n) is 17.7. The van der Waals surface area contributed by atoms with E-state index < -0.39 is 0 Å². The summed E-state index contributed by atoms with van der Waals surface area (Å²) in [5.41, 5.74) is 2.61. The van der Waals surface area contributed by atoms with Gasteiger partial charge in [-0.1, -0.05) is 44.2 Å². The third kappa shape index (κ3) is 5.40. The lowest BCUT2D eigenvalue weighted by Gasteiger charge is -2.06. The quantitative estimate of drug-likeness (QED) is 0.379. The summed E-state index contributed by atoms with van der Waals surface area (Å²) in [6.07, 6.45) is 0.914. The summed E-state index contributed by atoms with van der Waals surface area (Å²) < 4.78 is 7.88. The Hall–Kier alpha value is -2.38. The molecule has 0 fully saturated rings. The molecule has 0 aliphatic rings. The zero-order valence-corrected chi connectivity index (χ0v) is 19.3. The Labute approximate surface area is 184 Å². The molecule has 0 unspecified atom stereocenters. The average molecular weight is 443 g/mol. The number of carbonyl (C=O) groups excluding carboxylic acids is 2. The van der Waals surface area contributed by atoms with E-state index in [0.29, 0.717) is 22.2 Å². The standard InChI is InChI=1S/C23H26N2O3S2/c1-5-16-10-11-19-20(12-16)30-23(25(19)14-21(26)28-6-2)24-22(27)17-8-7-9-18(13-17)29-15(3)4/h7-13,15H,5-6,14H2,1-4H3. The maximum absolute atomic E-state index is 12.9. The van der Waals surface area contributed by atoms with Gasteiger partial charge in [0, 0.05) is 15.7 Å². The molecule has 1 heterocycles. The summed E-state index contributed by atoms with van der Waals surface area (Å²) >= 11 is 3.12. The predicted octanol–water partition coefficient (Wildman–Crippen LogP) is 5.07. The van der Waals surface area contributed by atoms with Crippen molar-refractivity contribution in [3.8, 4) is 0 Å². The van der Waals surface area contributed by atoms with E-state index in [2.05, 4.69) is 31.8 Å². The minimum absolute atomic E-state index is 0.0225. The molecular weight excluding hydrogens is 416 g/mol. The number of ether oxygens (including phenoxy) is 1. The SMILES string of the molecule is CCOC(=O)Cn1c(=NC(=O)c2cccc(SC(C)C)c2)sc2cc(CC)ccc21. The molecule has 0 spiro atoms.